The van der Waals surface area contributed by atoms with Gasteiger partial charge >= 0.3 is 5.97 Å². The zero-order valence-corrected chi connectivity index (χ0v) is 16.3. The normalized spacial score (nSPS) is 19.6. The van der Waals surface area contributed by atoms with Crippen LogP contribution in [0.15, 0.2) is 24.3 Å². The van der Waals surface area contributed by atoms with Gasteiger partial charge in [-0.3, -0.25) is 4.79 Å². The second-order valence-electron chi connectivity index (χ2n) is 6.06. The lowest BCUT2D eigenvalue weighted by atomic mass is 10.2. The molecule has 7 nitrogen and oxygen atoms in total. The van der Waals surface area contributed by atoms with E-state index in [0.717, 1.165) is 0 Å². The molecule has 1 aliphatic heterocycles. The Morgan fingerprint density at radius 3 is 2.69 bits per heavy atom. The highest BCUT2D eigenvalue weighted by molar-refractivity contribution is 7.91. The first kappa shape index (κ1) is 20.5. The Bertz CT molecular complexity index is 766. The average molecular weight is 404 g/mol. The molecule has 0 radical (unpaired) electrons. The van der Waals surface area contributed by atoms with E-state index in [9.17, 15) is 18.0 Å². The lowest BCUT2D eigenvalue weighted by Crippen LogP contribution is -2.46. The molecule has 0 unspecified atom stereocenters. The third-order valence-corrected chi connectivity index (χ3v) is 6.07. The number of likely N-dealkylation sites (N-methyl/N-ethyl adjacent to an activating group) is 1. The van der Waals surface area contributed by atoms with E-state index in [1.807, 2.05) is 0 Å². The van der Waals surface area contributed by atoms with Crippen LogP contribution in [0.5, 0.6) is 5.75 Å². The van der Waals surface area contributed by atoms with Crippen LogP contribution in [0.2, 0.25) is 5.02 Å². The first-order valence-corrected chi connectivity index (χ1v) is 10.5. The smallest absolute Gasteiger partial charge is 0.344 e. The molecule has 1 heterocycles. The molecule has 1 fully saturated rings. The van der Waals surface area contributed by atoms with Gasteiger partial charge in [0.05, 0.1) is 11.5 Å². The van der Waals surface area contributed by atoms with Crippen LogP contribution in [-0.4, -0.2) is 62.0 Å². The molecule has 1 saturated heterocycles. The summed E-state index contributed by atoms with van der Waals surface area (Å²) in [4.78, 5) is 25.9. The molecule has 2 rings (SSSR count). The Hall–Kier alpha value is -1.80. The Kier molecular flexibility index (Phi) is 6.88. The van der Waals surface area contributed by atoms with Crippen LogP contribution in [0.1, 0.15) is 20.3 Å². The number of hydrogen-bond acceptors (Lipinski definition) is 6. The van der Waals surface area contributed by atoms with Gasteiger partial charge in [0.15, 0.2) is 22.5 Å². The fraction of sp³-hybridized carbons (Fsp3) is 0.529. The summed E-state index contributed by atoms with van der Waals surface area (Å²) in [5.41, 5.74) is 0. The van der Waals surface area contributed by atoms with Crippen LogP contribution in [0.25, 0.3) is 0 Å². The Labute approximate surface area is 158 Å². The molecule has 0 aliphatic carbocycles. The van der Waals surface area contributed by atoms with Gasteiger partial charge in [0.1, 0.15) is 5.75 Å². The van der Waals surface area contributed by atoms with Gasteiger partial charge in [0, 0.05) is 17.6 Å². The summed E-state index contributed by atoms with van der Waals surface area (Å²) in [6.45, 7) is 3.22. The number of esters is 1. The minimum atomic E-state index is -3.11. The summed E-state index contributed by atoms with van der Waals surface area (Å²) in [5.74, 6) is -0.666. The number of amides is 1. The van der Waals surface area contributed by atoms with Crippen molar-refractivity contribution in [1.82, 2.24) is 4.90 Å². The van der Waals surface area contributed by atoms with Crippen LogP contribution >= 0.6 is 11.6 Å². The van der Waals surface area contributed by atoms with Crippen molar-refractivity contribution in [3.63, 3.8) is 0 Å². The number of benzene rings is 1. The first-order chi connectivity index (χ1) is 12.2. The molecule has 0 bridgehead atoms. The molecule has 2 atom stereocenters. The van der Waals surface area contributed by atoms with Crippen molar-refractivity contribution in [1.29, 1.82) is 0 Å². The molecule has 0 N–H and O–H groups in total. The van der Waals surface area contributed by atoms with Crippen LogP contribution in [0.3, 0.4) is 0 Å². The fourth-order valence-corrected chi connectivity index (χ4v) is 4.74. The van der Waals surface area contributed by atoms with Gasteiger partial charge in [-0.05, 0) is 38.5 Å². The molecule has 1 aromatic rings. The molecular weight excluding hydrogens is 382 g/mol. The SMILES string of the molecule is CCN(C(=O)[C@@H](C)OC(=O)COc1cccc(Cl)c1)[C@H]1CCS(=O)(=O)C1. The van der Waals surface area contributed by atoms with E-state index in [2.05, 4.69) is 0 Å². The monoisotopic (exact) mass is 403 g/mol. The van der Waals surface area contributed by atoms with Crippen LogP contribution in [0, 0.1) is 0 Å². The molecule has 144 valence electrons. The maximum Gasteiger partial charge on any atom is 0.344 e. The van der Waals surface area contributed by atoms with Gasteiger partial charge in [-0.1, -0.05) is 17.7 Å². The third kappa shape index (κ3) is 5.60. The maximum absolute atomic E-state index is 12.5. The minimum Gasteiger partial charge on any atom is -0.482 e. The topological polar surface area (TPSA) is 90.0 Å². The molecule has 1 amide bonds. The van der Waals surface area contributed by atoms with E-state index in [-0.39, 0.29) is 24.2 Å². The van der Waals surface area contributed by atoms with Crippen molar-refractivity contribution < 1.29 is 27.5 Å². The zero-order valence-electron chi connectivity index (χ0n) is 14.7. The van der Waals surface area contributed by atoms with E-state index in [1.165, 1.54) is 11.8 Å². The van der Waals surface area contributed by atoms with Crippen molar-refractivity contribution in [3.05, 3.63) is 29.3 Å². The van der Waals surface area contributed by atoms with Crippen molar-refractivity contribution >= 4 is 33.3 Å². The molecule has 0 aromatic heterocycles. The number of ether oxygens (including phenoxy) is 2. The molecule has 1 aliphatic rings. The second kappa shape index (κ2) is 8.73. The van der Waals surface area contributed by atoms with Crippen LogP contribution in [0.4, 0.5) is 0 Å². The van der Waals surface area contributed by atoms with E-state index >= 15 is 0 Å². The Balaban J connectivity index is 1.87. The Morgan fingerprint density at radius 2 is 2.12 bits per heavy atom. The standard InChI is InChI=1S/C17H22ClNO6S/c1-3-19(14-7-8-26(22,23)11-14)17(21)12(2)25-16(20)10-24-15-6-4-5-13(18)9-15/h4-6,9,12,14H,3,7-8,10-11H2,1-2H3/t12-,14+/m1/s1. The summed E-state index contributed by atoms with van der Waals surface area (Å²) in [6.07, 6.45) is -0.616. The predicted octanol–water partition coefficient (Wildman–Crippen LogP) is 1.69. The third-order valence-electron chi connectivity index (χ3n) is 4.08. The maximum atomic E-state index is 12.5. The molecule has 0 saturated carbocycles. The largest absolute Gasteiger partial charge is 0.482 e. The fourth-order valence-electron chi connectivity index (χ4n) is 2.83. The zero-order chi connectivity index (χ0) is 19.3. The lowest BCUT2D eigenvalue weighted by Gasteiger charge is -2.29. The average Bonchev–Trinajstić information content (AvgIpc) is 2.93. The number of nitrogens with zero attached hydrogens (tertiary/aromatic N) is 1. The van der Waals surface area contributed by atoms with Gasteiger partial charge in [0.2, 0.25) is 0 Å². The van der Waals surface area contributed by atoms with Crippen LogP contribution < -0.4 is 4.74 Å². The van der Waals surface area contributed by atoms with E-state index in [1.54, 1.807) is 31.2 Å². The number of hydrogen-bond donors (Lipinski definition) is 0. The number of carbonyl (C=O) groups excluding carboxylic acids is 2. The molecule has 1 aromatic carbocycles. The summed E-state index contributed by atoms with van der Waals surface area (Å²) >= 11 is 5.83. The Morgan fingerprint density at radius 1 is 1.38 bits per heavy atom. The highest BCUT2D eigenvalue weighted by Crippen LogP contribution is 2.19. The van der Waals surface area contributed by atoms with Crippen molar-refractivity contribution in [3.8, 4) is 5.75 Å². The summed E-state index contributed by atoms with van der Waals surface area (Å²) in [5, 5.41) is 0.476. The highest BCUT2D eigenvalue weighted by atomic mass is 35.5. The number of halogens is 1. The summed E-state index contributed by atoms with van der Waals surface area (Å²) in [6, 6.07) is 6.19. The van der Waals surface area contributed by atoms with E-state index in [4.69, 9.17) is 21.1 Å². The van der Waals surface area contributed by atoms with E-state index in [0.29, 0.717) is 23.7 Å². The molecule has 26 heavy (non-hydrogen) atoms. The highest BCUT2D eigenvalue weighted by Gasteiger charge is 2.36. The van der Waals surface area contributed by atoms with Crippen LogP contribution in [-0.2, 0) is 24.2 Å². The van der Waals surface area contributed by atoms with Crippen molar-refractivity contribution in [2.75, 3.05) is 24.7 Å². The minimum absolute atomic E-state index is 0.0505. The second-order valence-corrected chi connectivity index (χ2v) is 8.72. The van der Waals surface area contributed by atoms with Gasteiger partial charge in [-0.15, -0.1) is 0 Å². The number of carbonyl (C=O) groups is 2. The molecule has 0 spiro atoms. The summed E-state index contributed by atoms with van der Waals surface area (Å²) < 4.78 is 33.7. The number of sulfone groups is 1. The molecular formula is C17H22ClNO6S. The van der Waals surface area contributed by atoms with Gasteiger partial charge in [-0.2, -0.15) is 0 Å². The predicted molar refractivity (Wildman–Crippen MR) is 96.9 cm³/mol. The first-order valence-electron chi connectivity index (χ1n) is 8.30. The quantitative estimate of drug-likeness (QED) is 0.643. The van der Waals surface area contributed by atoms with Gasteiger partial charge in [0.25, 0.3) is 5.91 Å². The summed E-state index contributed by atoms with van der Waals surface area (Å²) in [7, 11) is -3.11. The lowest BCUT2D eigenvalue weighted by molar-refractivity contribution is -0.161. The van der Waals surface area contributed by atoms with E-state index < -0.39 is 27.8 Å². The van der Waals surface area contributed by atoms with Crippen molar-refractivity contribution in [2.45, 2.75) is 32.4 Å². The van der Waals surface area contributed by atoms with Gasteiger partial charge < -0.3 is 14.4 Å². The molecule has 9 heteroatoms. The van der Waals surface area contributed by atoms with Gasteiger partial charge in [-0.25, -0.2) is 13.2 Å². The van der Waals surface area contributed by atoms with Crippen molar-refractivity contribution in [2.24, 2.45) is 0 Å². The number of rotatable bonds is 7.